The van der Waals surface area contributed by atoms with E-state index in [0.29, 0.717) is 42.2 Å². The highest BCUT2D eigenvalue weighted by atomic mass is 35.5. The minimum Gasteiger partial charge on any atom is -0.357 e. The van der Waals surface area contributed by atoms with Gasteiger partial charge in [-0.2, -0.15) is 4.98 Å². The lowest BCUT2D eigenvalue weighted by molar-refractivity contribution is 0.378. The van der Waals surface area contributed by atoms with Crippen molar-refractivity contribution in [2.75, 3.05) is 13.1 Å². The largest absolute Gasteiger partial charge is 0.357 e. The second-order valence-corrected chi connectivity index (χ2v) is 8.09. The van der Waals surface area contributed by atoms with Crippen molar-refractivity contribution in [1.29, 1.82) is 0 Å². The van der Waals surface area contributed by atoms with Crippen LogP contribution in [-0.4, -0.2) is 34.2 Å². The molecule has 1 aromatic carbocycles. The summed E-state index contributed by atoms with van der Waals surface area (Å²) in [6.45, 7) is 8.28. The van der Waals surface area contributed by atoms with E-state index in [-0.39, 0.29) is 0 Å². The molecule has 0 aliphatic rings. The number of hydrogen-bond acceptors (Lipinski definition) is 6. The molecule has 2 aromatic heterocycles. The van der Waals surface area contributed by atoms with E-state index in [2.05, 4.69) is 50.0 Å². The highest BCUT2D eigenvalue weighted by molar-refractivity contribution is 7.09. The molecule has 7 nitrogen and oxygen atoms in total. The van der Waals surface area contributed by atoms with Crippen LogP contribution in [0.4, 0.5) is 0 Å². The van der Waals surface area contributed by atoms with Gasteiger partial charge >= 0.3 is 0 Å². The number of aromatic nitrogens is 3. The van der Waals surface area contributed by atoms with E-state index in [1.807, 2.05) is 19.1 Å². The molecule has 0 atom stereocenters. The van der Waals surface area contributed by atoms with Crippen molar-refractivity contribution in [3.63, 3.8) is 0 Å². The van der Waals surface area contributed by atoms with Crippen LogP contribution in [0.1, 0.15) is 43.3 Å². The summed E-state index contributed by atoms with van der Waals surface area (Å²) in [5.41, 5.74) is 1.99. The average molecular weight is 433 g/mol. The number of aliphatic imine (C=N–C) groups is 1. The van der Waals surface area contributed by atoms with Crippen LogP contribution >= 0.6 is 22.9 Å². The molecule has 0 amide bonds. The average Bonchev–Trinajstić information content (AvgIpc) is 3.36. The van der Waals surface area contributed by atoms with Crippen molar-refractivity contribution < 1.29 is 4.52 Å². The van der Waals surface area contributed by atoms with E-state index in [4.69, 9.17) is 16.1 Å². The van der Waals surface area contributed by atoms with Gasteiger partial charge in [0, 0.05) is 35.5 Å². The molecule has 0 unspecified atom stereocenters. The Morgan fingerprint density at radius 1 is 1.21 bits per heavy atom. The highest BCUT2D eigenvalue weighted by Gasteiger charge is 2.09. The number of hydrogen-bond donors (Lipinski definition) is 2. The van der Waals surface area contributed by atoms with Crippen LogP contribution in [-0.2, 0) is 13.0 Å². The zero-order valence-corrected chi connectivity index (χ0v) is 18.3. The van der Waals surface area contributed by atoms with E-state index < -0.39 is 0 Å². The summed E-state index contributed by atoms with van der Waals surface area (Å²) in [6, 6.07) is 7.35. The Bertz CT molecular complexity index is 935. The number of rotatable bonds is 8. The van der Waals surface area contributed by atoms with Gasteiger partial charge in [0.05, 0.1) is 12.2 Å². The Balaban J connectivity index is 1.53. The molecule has 0 saturated carbocycles. The Morgan fingerprint density at radius 2 is 2.00 bits per heavy atom. The Hall–Kier alpha value is -2.45. The lowest BCUT2D eigenvalue weighted by Crippen LogP contribution is -2.38. The molecule has 0 saturated heterocycles. The summed E-state index contributed by atoms with van der Waals surface area (Å²) in [5.74, 6) is 2.30. The summed E-state index contributed by atoms with van der Waals surface area (Å²) in [7, 11) is 0. The number of thiazole rings is 1. The van der Waals surface area contributed by atoms with Crippen molar-refractivity contribution in [3.05, 3.63) is 51.3 Å². The van der Waals surface area contributed by atoms with E-state index in [1.165, 1.54) is 0 Å². The fourth-order valence-electron chi connectivity index (χ4n) is 2.51. The maximum Gasteiger partial charge on any atom is 0.228 e. The molecule has 2 heterocycles. The normalized spacial score (nSPS) is 11.8. The van der Waals surface area contributed by atoms with Gasteiger partial charge in [-0.1, -0.05) is 30.6 Å². The molecular formula is C20H25ClN6OS. The Morgan fingerprint density at radius 3 is 2.69 bits per heavy atom. The van der Waals surface area contributed by atoms with Gasteiger partial charge in [0.25, 0.3) is 0 Å². The van der Waals surface area contributed by atoms with Crippen LogP contribution in [0.25, 0.3) is 11.4 Å². The first-order valence-electron chi connectivity index (χ1n) is 9.60. The van der Waals surface area contributed by atoms with Crippen molar-refractivity contribution in [2.45, 2.75) is 39.7 Å². The molecule has 154 valence electrons. The molecule has 0 spiro atoms. The molecule has 0 aliphatic heterocycles. The molecule has 0 aliphatic carbocycles. The van der Waals surface area contributed by atoms with Gasteiger partial charge in [-0.15, -0.1) is 11.3 Å². The van der Waals surface area contributed by atoms with Gasteiger partial charge in [-0.3, -0.25) is 0 Å². The molecule has 0 fully saturated rings. The van der Waals surface area contributed by atoms with Crippen LogP contribution in [0.2, 0.25) is 5.02 Å². The smallest absolute Gasteiger partial charge is 0.228 e. The monoisotopic (exact) mass is 432 g/mol. The predicted molar refractivity (Wildman–Crippen MR) is 117 cm³/mol. The van der Waals surface area contributed by atoms with E-state index >= 15 is 0 Å². The van der Waals surface area contributed by atoms with Gasteiger partial charge in [-0.05, 0) is 37.1 Å². The molecule has 3 rings (SSSR count). The van der Waals surface area contributed by atoms with Gasteiger partial charge in [0.1, 0.15) is 5.01 Å². The van der Waals surface area contributed by atoms with E-state index in [0.717, 1.165) is 28.8 Å². The van der Waals surface area contributed by atoms with Crippen LogP contribution in [0.3, 0.4) is 0 Å². The molecule has 9 heteroatoms. The second-order valence-electron chi connectivity index (χ2n) is 6.71. The Labute approximate surface area is 179 Å². The first-order chi connectivity index (χ1) is 14.0. The van der Waals surface area contributed by atoms with Crippen molar-refractivity contribution >= 4 is 28.9 Å². The first-order valence-corrected chi connectivity index (χ1v) is 10.9. The third-order valence-corrected chi connectivity index (χ3v) is 5.18. The molecule has 0 bridgehead atoms. The summed E-state index contributed by atoms with van der Waals surface area (Å²) in [6.07, 6.45) is 0.597. The number of benzene rings is 1. The molecule has 2 N–H and O–H groups in total. The quantitative estimate of drug-likeness (QED) is 0.408. The number of nitrogens with one attached hydrogen (secondary N) is 2. The zero-order valence-electron chi connectivity index (χ0n) is 16.8. The second kappa shape index (κ2) is 10.4. The van der Waals surface area contributed by atoms with Gasteiger partial charge in [-0.25, -0.2) is 9.98 Å². The van der Waals surface area contributed by atoms with Crippen molar-refractivity contribution in [2.24, 2.45) is 4.99 Å². The van der Waals surface area contributed by atoms with Crippen molar-refractivity contribution in [1.82, 2.24) is 25.8 Å². The van der Waals surface area contributed by atoms with E-state index in [9.17, 15) is 0 Å². The minimum atomic E-state index is 0.433. The van der Waals surface area contributed by atoms with Gasteiger partial charge < -0.3 is 15.2 Å². The summed E-state index contributed by atoms with van der Waals surface area (Å²) >= 11 is 7.56. The number of nitrogens with zero attached hydrogens (tertiary/aromatic N) is 4. The van der Waals surface area contributed by atoms with Crippen LogP contribution in [0.15, 0.2) is 39.2 Å². The number of halogens is 1. The molecule has 29 heavy (non-hydrogen) atoms. The van der Waals surface area contributed by atoms with Crippen LogP contribution in [0, 0.1) is 0 Å². The van der Waals surface area contributed by atoms with Gasteiger partial charge in [0.2, 0.25) is 11.7 Å². The fourth-order valence-corrected chi connectivity index (χ4v) is 3.52. The number of guanidine groups is 1. The minimum absolute atomic E-state index is 0.433. The lowest BCUT2D eigenvalue weighted by Gasteiger charge is -2.09. The van der Waals surface area contributed by atoms with Crippen LogP contribution in [0.5, 0.6) is 0 Å². The molecule has 0 radical (unpaired) electrons. The maximum absolute atomic E-state index is 5.91. The van der Waals surface area contributed by atoms with E-state index in [1.54, 1.807) is 23.5 Å². The standard InChI is InChI=1S/C20H25ClN6OS/c1-4-22-20(24-11-18-25-16(12-29-18)13(2)3)23-10-9-17-26-19(27-28-17)14-5-7-15(21)8-6-14/h5-8,12-13H,4,9-11H2,1-3H3,(H2,22,23,24). The SMILES string of the molecule is CCNC(=NCc1nc(C(C)C)cs1)NCCc1nc(-c2ccc(Cl)cc2)no1. The topological polar surface area (TPSA) is 88.2 Å². The fraction of sp³-hybridized carbons (Fsp3) is 0.400. The molecular weight excluding hydrogens is 408 g/mol. The summed E-state index contributed by atoms with van der Waals surface area (Å²) in [5, 5.41) is 14.4. The molecule has 3 aromatic rings. The van der Waals surface area contributed by atoms with Gasteiger partial charge in [0.15, 0.2) is 5.96 Å². The Kier molecular flexibility index (Phi) is 7.60. The highest BCUT2D eigenvalue weighted by Crippen LogP contribution is 2.19. The maximum atomic E-state index is 5.91. The lowest BCUT2D eigenvalue weighted by atomic mass is 10.2. The zero-order chi connectivity index (χ0) is 20.6. The third kappa shape index (κ3) is 6.27. The van der Waals surface area contributed by atoms with Crippen molar-refractivity contribution in [3.8, 4) is 11.4 Å². The first kappa shape index (κ1) is 21.3. The predicted octanol–water partition coefficient (Wildman–Crippen LogP) is 4.27. The summed E-state index contributed by atoms with van der Waals surface area (Å²) < 4.78 is 5.34. The van der Waals surface area contributed by atoms with Crippen LogP contribution < -0.4 is 10.6 Å². The third-order valence-electron chi connectivity index (χ3n) is 4.08. The summed E-state index contributed by atoms with van der Waals surface area (Å²) in [4.78, 5) is 13.7.